The van der Waals surface area contributed by atoms with E-state index >= 15 is 0 Å². The van der Waals surface area contributed by atoms with Gasteiger partial charge in [-0.2, -0.15) is 0 Å². The SMILES string of the molecule is CC[C@H]1COC(=O)N1. The zero-order valence-electron chi connectivity index (χ0n) is 4.81. The standard InChI is InChI=1S/C5H9NO2/c1-2-4-3-8-5(7)6-4/h4H,2-3H2,1H3,(H,6,7)/t4-/m0/s1. The zero-order chi connectivity index (χ0) is 5.98. The van der Waals surface area contributed by atoms with E-state index in [1.54, 1.807) is 0 Å². The van der Waals surface area contributed by atoms with Crippen LogP contribution >= 0.6 is 0 Å². The van der Waals surface area contributed by atoms with Gasteiger partial charge < -0.3 is 10.1 Å². The van der Waals surface area contributed by atoms with Crippen LogP contribution in [0, 0.1) is 0 Å². The number of alkyl carbamates (subject to hydrolysis) is 1. The van der Waals surface area contributed by atoms with Crippen LogP contribution in [0.3, 0.4) is 0 Å². The average Bonchev–Trinajstić information content (AvgIpc) is 2.14. The van der Waals surface area contributed by atoms with E-state index in [0.717, 1.165) is 6.42 Å². The smallest absolute Gasteiger partial charge is 0.407 e. The van der Waals surface area contributed by atoms with Crippen molar-refractivity contribution in [3.63, 3.8) is 0 Å². The molecule has 1 aliphatic rings. The van der Waals surface area contributed by atoms with E-state index in [9.17, 15) is 4.79 Å². The van der Waals surface area contributed by atoms with E-state index in [2.05, 4.69) is 10.1 Å². The van der Waals surface area contributed by atoms with E-state index in [-0.39, 0.29) is 12.1 Å². The molecule has 3 heteroatoms. The summed E-state index contributed by atoms with van der Waals surface area (Å²) in [6.45, 7) is 2.55. The zero-order valence-corrected chi connectivity index (χ0v) is 4.81. The third kappa shape index (κ3) is 0.911. The maximum absolute atomic E-state index is 10.3. The number of rotatable bonds is 1. The largest absolute Gasteiger partial charge is 0.447 e. The molecule has 0 saturated carbocycles. The topological polar surface area (TPSA) is 38.3 Å². The van der Waals surface area contributed by atoms with Crippen LogP contribution < -0.4 is 5.32 Å². The average molecular weight is 115 g/mol. The normalized spacial score (nSPS) is 27.1. The number of carbonyl (C=O) groups excluding carboxylic acids is 1. The molecule has 0 spiro atoms. The second-order valence-electron chi connectivity index (χ2n) is 1.85. The Morgan fingerprint density at radius 2 is 2.75 bits per heavy atom. The molecule has 1 rings (SSSR count). The summed E-state index contributed by atoms with van der Waals surface area (Å²) in [7, 11) is 0. The third-order valence-corrected chi connectivity index (χ3v) is 1.23. The maximum Gasteiger partial charge on any atom is 0.407 e. The number of hydrogen-bond donors (Lipinski definition) is 1. The third-order valence-electron chi connectivity index (χ3n) is 1.23. The molecule has 1 aliphatic heterocycles. The number of hydrogen-bond acceptors (Lipinski definition) is 2. The Labute approximate surface area is 48.0 Å². The van der Waals surface area contributed by atoms with Crippen molar-refractivity contribution >= 4 is 6.09 Å². The molecule has 8 heavy (non-hydrogen) atoms. The molecule has 0 aromatic carbocycles. The van der Waals surface area contributed by atoms with Crippen molar-refractivity contribution in [3.8, 4) is 0 Å². The number of ether oxygens (including phenoxy) is 1. The molecule has 0 unspecified atom stereocenters. The highest BCUT2D eigenvalue weighted by atomic mass is 16.6. The molecule has 0 aromatic heterocycles. The Bertz CT molecular complexity index is 103. The van der Waals surface area contributed by atoms with Gasteiger partial charge in [0, 0.05) is 0 Å². The second kappa shape index (κ2) is 2.03. The van der Waals surface area contributed by atoms with Crippen LogP contribution in [0.5, 0.6) is 0 Å². The molecular formula is C5H9NO2. The van der Waals surface area contributed by atoms with Gasteiger partial charge in [0.1, 0.15) is 6.61 Å². The van der Waals surface area contributed by atoms with Gasteiger partial charge in [0.2, 0.25) is 0 Å². The van der Waals surface area contributed by atoms with Crippen molar-refractivity contribution < 1.29 is 9.53 Å². The molecule has 1 fully saturated rings. The summed E-state index contributed by atoms with van der Waals surface area (Å²) in [5, 5.41) is 2.64. The van der Waals surface area contributed by atoms with Gasteiger partial charge in [-0.15, -0.1) is 0 Å². The van der Waals surface area contributed by atoms with Crippen molar-refractivity contribution in [1.82, 2.24) is 5.32 Å². The van der Waals surface area contributed by atoms with Gasteiger partial charge in [-0.3, -0.25) is 0 Å². The van der Waals surface area contributed by atoms with Crippen molar-refractivity contribution in [3.05, 3.63) is 0 Å². The molecule has 1 saturated heterocycles. The first-order valence-electron chi connectivity index (χ1n) is 2.76. The van der Waals surface area contributed by atoms with Crippen LogP contribution in [-0.2, 0) is 4.74 Å². The predicted molar refractivity (Wildman–Crippen MR) is 28.6 cm³/mol. The first kappa shape index (κ1) is 5.41. The quantitative estimate of drug-likeness (QED) is 0.540. The minimum Gasteiger partial charge on any atom is -0.447 e. The Balaban J connectivity index is 2.32. The van der Waals surface area contributed by atoms with Gasteiger partial charge in [0.05, 0.1) is 6.04 Å². The van der Waals surface area contributed by atoms with Gasteiger partial charge in [-0.25, -0.2) is 4.79 Å². The molecule has 1 N–H and O–H groups in total. The highest BCUT2D eigenvalue weighted by molar-refractivity contribution is 5.69. The van der Waals surface area contributed by atoms with Crippen LogP contribution in [0.4, 0.5) is 4.79 Å². The lowest BCUT2D eigenvalue weighted by Gasteiger charge is -1.97. The monoisotopic (exact) mass is 115 g/mol. The van der Waals surface area contributed by atoms with Crippen LogP contribution in [0.15, 0.2) is 0 Å². The number of carbonyl (C=O) groups is 1. The van der Waals surface area contributed by atoms with E-state index in [0.29, 0.717) is 6.61 Å². The summed E-state index contributed by atoms with van der Waals surface area (Å²) >= 11 is 0. The van der Waals surface area contributed by atoms with Gasteiger partial charge >= 0.3 is 6.09 Å². The first-order valence-corrected chi connectivity index (χ1v) is 2.76. The Morgan fingerprint density at radius 3 is 3.00 bits per heavy atom. The number of cyclic esters (lactones) is 1. The van der Waals surface area contributed by atoms with Crippen LogP contribution in [0.1, 0.15) is 13.3 Å². The van der Waals surface area contributed by atoms with E-state index in [1.807, 2.05) is 6.92 Å². The van der Waals surface area contributed by atoms with E-state index in [1.165, 1.54) is 0 Å². The summed E-state index contributed by atoms with van der Waals surface area (Å²) in [5.74, 6) is 0. The second-order valence-corrected chi connectivity index (χ2v) is 1.85. The fraction of sp³-hybridized carbons (Fsp3) is 0.800. The molecule has 1 atom stereocenters. The van der Waals surface area contributed by atoms with Crippen molar-refractivity contribution in [2.75, 3.05) is 6.61 Å². The predicted octanol–water partition coefficient (Wildman–Crippen LogP) is 0.505. The lowest BCUT2D eigenvalue weighted by molar-refractivity contribution is 0.176. The molecule has 0 aromatic rings. The molecule has 46 valence electrons. The van der Waals surface area contributed by atoms with Gasteiger partial charge in [0.25, 0.3) is 0 Å². The Morgan fingerprint density at radius 1 is 2.00 bits per heavy atom. The van der Waals surface area contributed by atoms with Crippen LogP contribution in [0.25, 0.3) is 0 Å². The van der Waals surface area contributed by atoms with E-state index in [4.69, 9.17) is 0 Å². The Kier molecular flexibility index (Phi) is 1.37. The van der Waals surface area contributed by atoms with Gasteiger partial charge in [-0.1, -0.05) is 6.92 Å². The lowest BCUT2D eigenvalue weighted by Crippen LogP contribution is -2.24. The van der Waals surface area contributed by atoms with Crippen LogP contribution in [-0.4, -0.2) is 18.7 Å². The summed E-state index contributed by atoms with van der Waals surface area (Å²) in [4.78, 5) is 10.3. The fourth-order valence-electron chi connectivity index (χ4n) is 0.646. The number of amides is 1. The summed E-state index contributed by atoms with van der Waals surface area (Å²) in [6, 6.07) is 0.252. The first-order chi connectivity index (χ1) is 3.83. The minimum absolute atomic E-state index is 0.252. The number of nitrogens with one attached hydrogen (secondary N) is 1. The van der Waals surface area contributed by atoms with Gasteiger partial charge in [0.15, 0.2) is 0 Å². The van der Waals surface area contributed by atoms with E-state index < -0.39 is 0 Å². The highest BCUT2D eigenvalue weighted by Gasteiger charge is 2.19. The maximum atomic E-state index is 10.3. The summed E-state index contributed by atoms with van der Waals surface area (Å²) < 4.78 is 4.61. The van der Waals surface area contributed by atoms with Crippen LogP contribution in [0.2, 0.25) is 0 Å². The fourth-order valence-corrected chi connectivity index (χ4v) is 0.646. The van der Waals surface area contributed by atoms with Gasteiger partial charge in [-0.05, 0) is 6.42 Å². The summed E-state index contributed by atoms with van der Waals surface area (Å²) in [6.07, 6.45) is 0.669. The molecule has 1 heterocycles. The summed E-state index contributed by atoms with van der Waals surface area (Å²) in [5.41, 5.74) is 0. The lowest BCUT2D eigenvalue weighted by atomic mass is 10.3. The minimum atomic E-state index is -0.281. The molecule has 1 amide bonds. The van der Waals surface area contributed by atoms with Crippen molar-refractivity contribution in [1.29, 1.82) is 0 Å². The van der Waals surface area contributed by atoms with Crippen molar-refractivity contribution in [2.45, 2.75) is 19.4 Å². The molecular weight excluding hydrogens is 106 g/mol. The Hall–Kier alpha value is -0.730. The molecule has 3 nitrogen and oxygen atoms in total. The molecule has 0 bridgehead atoms. The van der Waals surface area contributed by atoms with Crippen molar-refractivity contribution in [2.24, 2.45) is 0 Å². The highest BCUT2D eigenvalue weighted by Crippen LogP contribution is 1.99. The molecule has 0 radical (unpaired) electrons. The molecule has 0 aliphatic carbocycles.